The molecule has 6 N–H and O–H groups in total. The van der Waals surface area contributed by atoms with Gasteiger partial charge in [-0.15, -0.1) is 0 Å². The molecule has 0 aromatic heterocycles. The maximum atomic E-state index is 13.1. The summed E-state index contributed by atoms with van der Waals surface area (Å²) in [7, 11) is 2.67. The lowest BCUT2D eigenvalue weighted by atomic mass is 9.85. The van der Waals surface area contributed by atoms with E-state index in [2.05, 4.69) is 61.2 Å². The van der Waals surface area contributed by atoms with Crippen LogP contribution in [0.5, 0.6) is 0 Å². The smallest absolute Gasteiger partial charge is 0.252 e. The zero-order chi connectivity index (χ0) is 49.3. The number of fused-ring (bicyclic) bond motifs is 2. The van der Waals surface area contributed by atoms with Crippen LogP contribution in [0.25, 0.3) is 0 Å². The van der Waals surface area contributed by atoms with E-state index in [1.807, 2.05) is 43.4 Å². The normalized spacial score (nSPS) is 17.4. The fraction of sp³-hybridized carbons (Fsp3) is 0.458. The van der Waals surface area contributed by atoms with Gasteiger partial charge in [0.1, 0.15) is 11.0 Å². The van der Waals surface area contributed by atoms with E-state index in [1.165, 1.54) is 23.1 Å². The van der Waals surface area contributed by atoms with Gasteiger partial charge in [-0.3, -0.25) is 14.3 Å². The molecular weight excluding hydrogens is 1010 g/mol. The molecule has 15 nitrogen and oxygen atoms in total. The van der Waals surface area contributed by atoms with Crippen molar-refractivity contribution in [1.82, 2.24) is 29.9 Å². The van der Waals surface area contributed by atoms with Crippen LogP contribution in [0.3, 0.4) is 0 Å². The van der Waals surface area contributed by atoms with Gasteiger partial charge in [0.05, 0.1) is 57.8 Å². The van der Waals surface area contributed by atoms with Crippen LogP contribution in [0.4, 0.5) is 0 Å². The number of aliphatic hydroxyl groups is 2. The number of nitrogens with one attached hydrogen (secondary N) is 4. The molecule has 0 saturated carbocycles. The number of ether oxygens (including phenoxy) is 4. The fourth-order valence-electron chi connectivity index (χ4n) is 8.07. The van der Waals surface area contributed by atoms with Gasteiger partial charge < -0.3 is 49.6 Å². The number of hydrogen-bond donors (Lipinski definition) is 6. The summed E-state index contributed by atoms with van der Waals surface area (Å²) in [4.78, 5) is 30.8. The van der Waals surface area contributed by atoms with Crippen LogP contribution in [0.15, 0.2) is 82.6 Å². The van der Waals surface area contributed by atoms with E-state index in [4.69, 9.17) is 65.4 Å². The molecule has 0 bridgehead atoms. The maximum Gasteiger partial charge on any atom is 0.252 e. The first-order valence-corrected chi connectivity index (χ1v) is 26.1. The molecule has 2 aliphatic heterocycles. The van der Waals surface area contributed by atoms with Gasteiger partial charge in [0.15, 0.2) is 12.2 Å². The Labute approximate surface area is 430 Å². The minimum atomic E-state index is -1.97. The third-order valence-electron chi connectivity index (χ3n) is 11.4. The Hall–Kier alpha value is -2.92. The number of benzene rings is 4. The highest BCUT2D eigenvalue weighted by atomic mass is 35.5. The Morgan fingerprint density at radius 3 is 1.64 bits per heavy atom. The van der Waals surface area contributed by atoms with Gasteiger partial charge in [-0.25, -0.2) is 8.93 Å². The number of rotatable bonds is 27. The van der Waals surface area contributed by atoms with Crippen molar-refractivity contribution in [3.8, 4) is 0 Å². The summed E-state index contributed by atoms with van der Waals surface area (Å²) >= 11 is 27.3. The molecule has 4 aromatic carbocycles. The van der Waals surface area contributed by atoms with Gasteiger partial charge in [-0.1, -0.05) is 70.7 Å². The van der Waals surface area contributed by atoms with Gasteiger partial charge in [-0.2, -0.15) is 0 Å². The predicted octanol–water partition coefficient (Wildman–Crippen LogP) is 5.38. The van der Waals surface area contributed by atoms with E-state index in [0.29, 0.717) is 51.3 Å². The summed E-state index contributed by atoms with van der Waals surface area (Å²) in [6.45, 7) is 6.30. The number of nitrogens with zero attached hydrogens (tertiary/aromatic N) is 2. The van der Waals surface area contributed by atoms with Crippen molar-refractivity contribution in [2.24, 2.45) is 0 Å². The fourth-order valence-corrected chi connectivity index (χ4v) is 10.8. The summed E-state index contributed by atoms with van der Waals surface area (Å²) in [6, 6.07) is 23.6. The van der Waals surface area contributed by atoms with Gasteiger partial charge in [0.2, 0.25) is 0 Å². The average molecular weight is 1070 g/mol. The van der Waals surface area contributed by atoms with Crippen molar-refractivity contribution >= 4 is 81.2 Å². The molecule has 4 aromatic rings. The summed E-state index contributed by atoms with van der Waals surface area (Å²) < 4.78 is 41.5. The lowest BCUT2D eigenvalue weighted by Crippen LogP contribution is -2.50. The van der Waals surface area contributed by atoms with Crippen LogP contribution in [0.1, 0.15) is 45.2 Å². The summed E-state index contributed by atoms with van der Waals surface area (Å²) in [5, 5.41) is 27.8. The van der Waals surface area contributed by atoms with Crippen LogP contribution >= 0.6 is 58.4 Å². The Kier molecular flexibility index (Phi) is 22.8. The number of aliphatic hydroxyl groups excluding tert-OH is 2. The number of carbonyl (C=O) groups excluding carboxylic acids is 2. The highest BCUT2D eigenvalue weighted by molar-refractivity contribution is 7.97. The van der Waals surface area contributed by atoms with Crippen LogP contribution in [-0.4, -0.2) is 154 Å². The molecule has 69 heavy (non-hydrogen) atoms. The van der Waals surface area contributed by atoms with Gasteiger partial charge >= 0.3 is 0 Å². The minimum absolute atomic E-state index is 0.0292. The number of halogens is 4. The van der Waals surface area contributed by atoms with Crippen molar-refractivity contribution in [3.05, 3.63) is 126 Å². The molecule has 0 spiro atoms. The molecular formula is C48H60Cl4N6O9S2. The number of carbonyl (C=O) groups is 2. The molecule has 0 fully saturated rings. The second-order valence-corrected chi connectivity index (χ2v) is 20.6. The van der Waals surface area contributed by atoms with Crippen LogP contribution in [0.2, 0.25) is 20.1 Å². The molecule has 0 radical (unpaired) electrons. The average Bonchev–Trinajstić information content (AvgIpc) is 3.33. The topological polar surface area (TPSA) is 183 Å². The van der Waals surface area contributed by atoms with E-state index in [1.54, 1.807) is 12.1 Å². The first-order chi connectivity index (χ1) is 33.3. The standard InChI is InChI=1S/C48H60Cl4N6O9S2/c1-57-27-39(37-23-33(49)25-43(51)41(37)29-57)31-5-3-7-35(21-31)68-55-11-15-66-19-17-64-13-9-53-47(61)45(59)46(60)48(62)54-10-14-65-18-20-67-16-12-56-69(63)36-8-4-6-32(22-36)40-28-58(2)30-42-38(40)24-34(50)26-44(42)52/h3-8,21-26,39-40,45-46,55-56,59-60H,9-20,27-30H2,1-2H3,(H,53,61)(H,54,62). The van der Waals surface area contributed by atoms with Crippen LogP contribution < -0.4 is 20.1 Å². The highest BCUT2D eigenvalue weighted by Crippen LogP contribution is 2.40. The molecule has 5 unspecified atom stereocenters. The minimum Gasteiger partial charge on any atom is -0.380 e. The molecule has 21 heteroatoms. The lowest BCUT2D eigenvalue weighted by molar-refractivity contribution is -0.146. The Morgan fingerprint density at radius 1 is 0.652 bits per heavy atom. The third kappa shape index (κ3) is 16.8. The first-order valence-electron chi connectivity index (χ1n) is 22.6. The Morgan fingerprint density at radius 2 is 1.12 bits per heavy atom. The molecule has 5 atom stereocenters. The second kappa shape index (κ2) is 28.4. The van der Waals surface area contributed by atoms with E-state index < -0.39 is 35.0 Å². The van der Waals surface area contributed by atoms with Crippen LogP contribution in [0, 0.1) is 0 Å². The van der Waals surface area contributed by atoms with Gasteiger partial charge in [0.25, 0.3) is 11.8 Å². The second-order valence-electron chi connectivity index (χ2n) is 16.6. The van der Waals surface area contributed by atoms with E-state index in [-0.39, 0.29) is 64.6 Å². The third-order valence-corrected chi connectivity index (χ3v) is 14.5. The van der Waals surface area contributed by atoms with E-state index >= 15 is 0 Å². The van der Waals surface area contributed by atoms with E-state index in [9.17, 15) is 24.0 Å². The zero-order valence-electron chi connectivity index (χ0n) is 38.5. The Balaban J connectivity index is 0.742. The summed E-state index contributed by atoms with van der Waals surface area (Å²) in [6.07, 6.45) is -3.94. The number of likely N-dealkylation sites (N-methyl/N-ethyl adjacent to an activating group) is 2. The Bertz CT molecular complexity index is 2360. The van der Waals surface area contributed by atoms with Gasteiger partial charge in [0, 0.05) is 89.2 Å². The molecule has 2 aliphatic rings. The molecule has 0 saturated heterocycles. The molecule has 6 rings (SSSR count). The maximum absolute atomic E-state index is 13.1. The van der Waals surface area contributed by atoms with Crippen molar-refractivity contribution in [2.75, 3.05) is 106 Å². The summed E-state index contributed by atoms with van der Waals surface area (Å²) in [5.41, 5.74) is 6.63. The summed E-state index contributed by atoms with van der Waals surface area (Å²) in [5.74, 6) is -1.64. The number of amides is 2. The van der Waals surface area contributed by atoms with Crippen molar-refractivity contribution < 1.29 is 43.0 Å². The molecule has 376 valence electrons. The van der Waals surface area contributed by atoms with E-state index in [0.717, 1.165) is 53.3 Å². The van der Waals surface area contributed by atoms with Crippen molar-refractivity contribution in [2.45, 2.75) is 46.9 Å². The first kappa shape index (κ1) is 55.4. The monoisotopic (exact) mass is 1070 g/mol. The zero-order valence-corrected chi connectivity index (χ0v) is 43.2. The lowest BCUT2D eigenvalue weighted by Gasteiger charge is -2.33. The largest absolute Gasteiger partial charge is 0.380 e. The van der Waals surface area contributed by atoms with Crippen molar-refractivity contribution in [1.29, 1.82) is 0 Å². The van der Waals surface area contributed by atoms with Crippen LogP contribution in [-0.2, 0) is 52.6 Å². The SMILES string of the molecule is CN1Cc2c(Cl)cc(Cl)cc2C(c2cccc(SNCCOCCOCCNC(=O)C(O)C(O)C(=O)NCCOCCOCCNS(=O)c3cccc(C4CN(C)Cc5c(Cl)cc(Cl)cc54)c3)c2)C1. The number of hydrogen-bond acceptors (Lipinski definition) is 13. The molecule has 0 aliphatic carbocycles. The van der Waals surface area contributed by atoms with Gasteiger partial charge in [-0.05, 0) is 108 Å². The highest BCUT2D eigenvalue weighted by Gasteiger charge is 2.31. The predicted molar refractivity (Wildman–Crippen MR) is 272 cm³/mol. The quantitative estimate of drug-likeness (QED) is 0.0331. The molecule has 2 amide bonds. The molecule has 2 heterocycles. The van der Waals surface area contributed by atoms with Crippen molar-refractivity contribution in [3.63, 3.8) is 0 Å².